The van der Waals surface area contributed by atoms with Gasteiger partial charge in [-0.3, -0.25) is 14.5 Å². The van der Waals surface area contributed by atoms with Crippen LogP contribution < -0.4 is 33.3 Å². The Bertz CT molecular complexity index is 3750. The van der Waals surface area contributed by atoms with Gasteiger partial charge in [-0.05, 0) is 92.6 Å². The minimum atomic E-state index is -1.55. The maximum Gasteiger partial charge on any atom is 0.247 e. The third kappa shape index (κ3) is 11.5. The summed E-state index contributed by atoms with van der Waals surface area (Å²) in [6.07, 6.45) is 2.76. The maximum absolute atomic E-state index is 16.9. The van der Waals surface area contributed by atoms with E-state index in [1.54, 1.807) is 4.90 Å². The summed E-state index contributed by atoms with van der Waals surface area (Å²) in [5.41, 5.74) is 8.13. The molecular weight excluding hydrogens is 1030 g/mol. The van der Waals surface area contributed by atoms with Gasteiger partial charge in [-0.15, -0.1) is 0 Å². The van der Waals surface area contributed by atoms with Crippen molar-refractivity contribution in [3.05, 3.63) is 334 Å². The van der Waals surface area contributed by atoms with E-state index < -0.39 is 11.3 Å². The lowest BCUT2D eigenvalue weighted by atomic mass is 9.65. The van der Waals surface area contributed by atoms with Gasteiger partial charge >= 0.3 is 0 Å². The zero-order valence-electron chi connectivity index (χ0n) is 45.6. The lowest BCUT2D eigenvalue weighted by molar-refractivity contribution is -0.121. The molecule has 0 fully saturated rings. The average Bonchev–Trinajstić information content (AvgIpc) is 1.66. The third-order valence-electron chi connectivity index (χ3n) is 15.0. The van der Waals surface area contributed by atoms with Crippen LogP contribution in [0.25, 0.3) is 5.70 Å². The molecule has 9 nitrogen and oxygen atoms in total. The number of amides is 1. The summed E-state index contributed by atoms with van der Waals surface area (Å²) in [6.45, 7) is 1.23. The Kier molecular flexibility index (Phi) is 16.0. The van der Waals surface area contributed by atoms with E-state index >= 15 is 4.79 Å². The summed E-state index contributed by atoms with van der Waals surface area (Å²) in [7, 11) is 0. The van der Waals surface area contributed by atoms with E-state index in [0.29, 0.717) is 73.7 Å². The molecule has 1 aliphatic carbocycles. The predicted molar refractivity (Wildman–Crippen MR) is 323 cm³/mol. The third-order valence-corrected chi connectivity index (χ3v) is 15.0. The zero-order chi connectivity index (χ0) is 56.2. The molecule has 0 unspecified atom stereocenters. The highest BCUT2D eigenvalue weighted by Gasteiger charge is 2.62. The van der Waals surface area contributed by atoms with Crippen molar-refractivity contribution < 1.29 is 38.0 Å². The Morgan fingerprint density at radius 2 is 0.699 bits per heavy atom. The summed E-state index contributed by atoms with van der Waals surface area (Å²) < 4.78 is 41.1. The summed E-state index contributed by atoms with van der Waals surface area (Å²) in [6, 6.07) is 86.6. The van der Waals surface area contributed by atoms with E-state index in [9.17, 15) is 4.79 Å². The topological polar surface area (TPSA) is 92.8 Å². The van der Waals surface area contributed by atoms with E-state index in [1.807, 2.05) is 273 Å². The first kappa shape index (κ1) is 53.3. The number of carbonyl (C=O) groups is 2. The minimum Gasteiger partial charge on any atom is -0.485 e. The van der Waals surface area contributed by atoms with E-state index in [0.717, 1.165) is 39.7 Å². The number of fused-ring (bicyclic) bond motifs is 1. The molecule has 0 spiro atoms. The Morgan fingerprint density at radius 3 is 1.05 bits per heavy atom. The summed E-state index contributed by atoms with van der Waals surface area (Å²) >= 11 is 0. The van der Waals surface area contributed by atoms with Gasteiger partial charge in [0, 0.05) is 22.7 Å². The van der Waals surface area contributed by atoms with Crippen LogP contribution in [0, 0.1) is 0 Å². The Morgan fingerprint density at radius 1 is 0.386 bits per heavy atom. The number of para-hydroxylation sites is 1. The van der Waals surface area contributed by atoms with Crippen LogP contribution >= 0.6 is 0 Å². The van der Waals surface area contributed by atoms with Gasteiger partial charge in [-0.1, -0.05) is 231 Å². The minimum absolute atomic E-state index is 0.194. The van der Waals surface area contributed by atoms with Gasteiger partial charge < -0.3 is 28.4 Å². The number of anilines is 1. The van der Waals surface area contributed by atoms with Crippen molar-refractivity contribution in [1.82, 2.24) is 0 Å². The standard InChI is InChI=1S/C74H59NO8/c76-46-61-41-64-70(60-44-67(80-49-55-29-13-3-14-30-55)72(83-52-58-35-19-6-20-36-58)68(45-60)81-50-56-31-15-4-16-32-56)75(63-39-23-8-24-40-63)73(77)74(64,62-37-21-7-22-38-62)69(61)59-42-65(78-47-53-25-9-1-10-26-53)71(82-51-57-33-17-5-18-34-57)66(43-59)79-48-54-27-11-2-12-28-54/h1-46,69H,47-52H2/t69-,74+/m1/s1. The van der Waals surface area contributed by atoms with Gasteiger partial charge in [-0.2, -0.15) is 0 Å². The van der Waals surface area contributed by atoms with Gasteiger partial charge in [0.1, 0.15) is 51.3 Å². The maximum atomic E-state index is 16.9. The molecule has 10 aromatic carbocycles. The van der Waals surface area contributed by atoms with Gasteiger partial charge in [0.15, 0.2) is 23.0 Å². The molecule has 1 amide bonds. The molecule has 1 heterocycles. The lowest BCUT2D eigenvalue weighted by Crippen LogP contribution is -2.44. The highest BCUT2D eigenvalue weighted by Crippen LogP contribution is 2.63. The van der Waals surface area contributed by atoms with Crippen LogP contribution in [-0.2, 0) is 54.6 Å². The first-order valence-corrected chi connectivity index (χ1v) is 27.8. The highest BCUT2D eigenvalue weighted by molar-refractivity contribution is 6.22. The predicted octanol–water partition coefficient (Wildman–Crippen LogP) is 15.8. The van der Waals surface area contributed by atoms with Gasteiger partial charge in [0.2, 0.25) is 17.4 Å². The van der Waals surface area contributed by atoms with E-state index in [4.69, 9.17) is 28.4 Å². The van der Waals surface area contributed by atoms with Crippen LogP contribution in [0.1, 0.15) is 56.0 Å². The molecule has 0 radical (unpaired) electrons. The smallest absolute Gasteiger partial charge is 0.247 e. The van der Waals surface area contributed by atoms with Crippen molar-refractivity contribution in [2.24, 2.45) is 0 Å². The Balaban J connectivity index is 1.09. The fourth-order valence-corrected chi connectivity index (χ4v) is 11.1. The molecule has 0 bridgehead atoms. The monoisotopic (exact) mass is 1090 g/mol. The summed E-state index contributed by atoms with van der Waals surface area (Å²) in [4.78, 5) is 33.0. The number of hydrogen-bond acceptors (Lipinski definition) is 8. The molecule has 0 N–H and O–H groups in total. The number of rotatable bonds is 23. The SMILES string of the molecule is O=CC1=CC2=C(c3cc(OCc4ccccc4)c(OCc4ccccc4)c(OCc4ccccc4)c3)N(c3ccccc3)C(=O)[C@]2(c2ccccc2)[C@@H]1c1cc(OCc2ccccc2)c(OCc2ccccc2)c(OCc2ccccc2)c1. The van der Waals surface area contributed by atoms with E-state index in [-0.39, 0.29) is 45.5 Å². The Labute approximate surface area is 483 Å². The molecule has 0 saturated heterocycles. The zero-order valence-corrected chi connectivity index (χ0v) is 45.6. The summed E-state index contributed by atoms with van der Waals surface area (Å²) in [5, 5.41) is 0. The molecule has 1 aliphatic heterocycles. The van der Waals surface area contributed by atoms with Crippen molar-refractivity contribution in [2.75, 3.05) is 4.90 Å². The summed E-state index contributed by atoms with van der Waals surface area (Å²) in [5.74, 6) is 1.15. The van der Waals surface area contributed by atoms with Crippen LogP contribution in [0.3, 0.4) is 0 Å². The van der Waals surface area contributed by atoms with Crippen molar-refractivity contribution in [1.29, 1.82) is 0 Å². The van der Waals surface area contributed by atoms with Gasteiger partial charge in [0.05, 0.1) is 5.70 Å². The van der Waals surface area contributed by atoms with Crippen molar-refractivity contribution in [2.45, 2.75) is 51.0 Å². The molecular formula is C74H59NO8. The molecule has 0 aromatic heterocycles. The quantitative estimate of drug-likeness (QED) is 0.0585. The van der Waals surface area contributed by atoms with Crippen molar-refractivity contribution in [3.8, 4) is 34.5 Å². The van der Waals surface area contributed by atoms with Crippen LogP contribution in [-0.4, -0.2) is 12.2 Å². The molecule has 83 heavy (non-hydrogen) atoms. The highest BCUT2D eigenvalue weighted by atomic mass is 16.5. The Hall–Kier alpha value is -10.4. The number of allylic oxidation sites excluding steroid dienone is 2. The molecule has 9 heteroatoms. The fraction of sp³-hybridized carbons (Fsp3) is 0.108. The normalized spacial score (nSPS) is 15.3. The average molecular weight is 1090 g/mol. The number of hydrogen-bond donors (Lipinski definition) is 0. The largest absolute Gasteiger partial charge is 0.485 e. The molecule has 408 valence electrons. The number of benzene rings is 10. The van der Waals surface area contributed by atoms with Crippen LogP contribution in [0.4, 0.5) is 5.69 Å². The lowest BCUT2D eigenvalue weighted by Gasteiger charge is -2.35. The molecule has 2 aliphatic rings. The number of nitrogens with zero attached hydrogens (tertiary/aromatic N) is 1. The van der Waals surface area contributed by atoms with Crippen molar-refractivity contribution >= 4 is 23.6 Å². The van der Waals surface area contributed by atoms with Gasteiger partial charge in [0.25, 0.3) is 0 Å². The second-order valence-electron chi connectivity index (χ2n) is 20.4. The number of aldehydes is 1. The van der Waals surface area contributed by atoms with E-state index in [2.05, 4.69) is 0 Å². The molecule has 2 atom stereocenters. The van der Waals surface area contributed by atoms with Crippen molar-refractivity contribution in [3.63, 3.8) is 0 Å². The van der Waals surface area contributed by atoms with Crippen LogP contribution in [0.2, 0.25) is 0 Å². The first-order chi connectivity index (χ1) is 41.0. The van der Waals surface area contributed by atoms with E-state index in [1.165, 1.54) is 0 Å². The molecule has 10 aromatic rings. The number of ether oxygens (including phenoxy) is 6. The molecule has 12 rings (SSSR count). The molecule has 0 saturated carbocycles. The van der Waals surface area contributed by atoms with Gasteiger partial charge in [-0.25, -0.2) is 0 Å². The fourth-order valence-electron chi connectivity index (χ4n) is 11.1. The number of carbonyl (C=O) groups excluding carboxylic acids is 2. The first-order valence-electron chi connectivity index (χ1n) is 27.8. The van der Waals surface area contributed by atoms with Crippen LogP contribution in [0.5, 0.6) is 34.5 Å². The van der Waals surface area contributed by atoms with Crippen LogP contribution in [0.15, 0.2) is 284 Å². The second-order valence-corrected chi connectivity index (χ2v) is 20.4. The second kappa shape index (κ2) is 25.0.